The Bertz CT molecular complexity index is 639. The van der Waals surface area contributed by atoms with Crippen molar-refractivity contribution >= 4 is 11.9 Å². The molecule has 0 atom stereocenters. The van der Waals surface area contributed by atoms with E-state index in [-0.39, 0.29) is 18.0 Å². The number of aliphatic imine (C=N–C) groups is 1. The van der Waals surface area contributed by atoms with Gasteiger partial charge in [0.1, 0.15) is 0 Å². The number of methoxy groups -OCH3 is 3. The Morgan fingerprint density at radius 3 is 2.19 bits per heavy atom. The van der Waals surface area contributed by atoms with Gasteiger partial charge in [0.2, 0.25) is 11.7 Å². The van der Waals surface area contributed by atoms with E-state index in [1.165, 1.54) is 0 Å². The van der Waals surface area contributed by atoms with Gasteiger partial charge in [0.25, 0.3) is 0 Å². The highest BCUT2D eigenvalue weighted by molar-refractivity contribution is 5.86. The van der Waals surface area contributed by atoms with Crippen LogP contribution >= 0.6 is 0 Å². The molecular formula is C18H30N4O4. The number of carbonyl (C=O) groups is 1. The minimum absolute atomic E-state index is 0.107. The van der Waals surface area contributed by atoms with Crippen LogP contribution in [-0.2, 0) is 11.3 Å². The van der Waals surface area contributed by atoms with Crippen LogP contribution in [0.2, 0.25) is 0 Å². The van der Waals surface area contributed by atoms with Gasteiger partial charge in [-0.25, -0.2) is 0 Å². The Morgan fingerprint density at radius 2 is 1.69 bits per heavy atom. The maximum atomic E-state index is 11.9. The first-order chi connectivity index (χ1) is 12.3. The summed E-state index contributed by atoms with van der Waals surface area (Å²) in [4.78, 5) is 16.0. The van der Waals surface area contributed by atoms with Crippen LogP contribution in [0.5, 0.6) is 17.2 Å². The molecule has 0 radical (unpaired) electrons. The molecular weight excluding hydrogens is 336 g/mol. The van der Waals surface area contributed by atoms with Crippen molar-refractivity contribution in [3.05, 3.63) is 17.7 Å². The predicted octanol–water partition coefficient (Wildman–Crippen LogP) is 1.29. The quantitative estimate of drug-likeness (QED) is 0.497. The Balaban J connectivity index is 2.73. The number of nitrogens with one attached hydrogen (secondary N) is 3. The number of ether oxygens (including phenoxy) is 3. The number of amides is 1. The van der Waals surface area contributed by atoms with Crippen molar-refractivity contribution in [1.29, 1.82) is 0 Å². The molecule has 3 N–H and O–H groups in total. The van der Waals surface area contributed by atoms with Crippen molar-refractivity contribution in [2.45, 2.75) is 32.9 Å². The number of carbonyl (C=O) groups excluding carboxylic acids is 1. The fourth-order valence-electron chi connectivity index (χ4n) is 2.33. The molecule has 0 aromatic heterocycles. The first-order valence-corrected chi connectivity index (χ1v) is 8.29. The molecule has 0 fully saturated rings. The summed E-state index contributed by atoms with van der Waals surface area (Å²) in [5.41, 5.74) is 0.593. The number of hydrogen-bond donors (Lipinski definition) is 3. The topological polar surface area (TPSA) is 93.2 Å². The van der Waals surface area contributed by atoms with Crippen molar-refractivity contribution < 1.29 is 19.0 Å². The number of hydrogen-bond acceptors (Lipinski definition) is 5. The van der Waals surface area contributed by atoms with Crippen molar-refractivity contribution in [2.75, 3.05) is 34.9 Å². The summed E-state index contributed by atoms with van der Waals surface area (Å²) < 4.78 is 16.1. The van der Waals surface area contributed by atoms with Crippen LogP contribution in [0.15, 0.2) is 17.1 Å². The highest BCUT2D eigenvalue weighted by Crippen LogP contribution is 2.39. The molecule has 0 unspecified atom stereocenters. The Labute approximate surface area is 155 Å². The van der Waals surface area contributed by atoms with Gasteiger partial charge >= 0.3 is 0 Å². The Morgan fingerprint density at radius 1 is 1.04 bits per heavy atom. The second-order valence-electron chi connectivity index (χ2n) is 6.57. The van der Waals surface area contributed by atoms with Crippen LogP contribution in [0.1, 0.15) is 26.3 Å². The summed E-state index contributed by atoms with van der Waals surface area (Å²) >= 11 is 0. The number of guanidine groups is 1. The third kappa shape index (κ3) is 6.34. The first kappa shape index (κ1) is 21.4. The average molecular weight is 366 g/mol. The van der Waals surface area contributed by atoms with E-state index in [1.54, 1.807) is 28.4 Å². The molecule has 1 aromatic carbocycles. The van der Waals surface area contributed by atoms with Gasteiger partial charge in [-0.2, -0.15) is 0 Å². The lowest BCUT2D eigenvalue weighted by atomic mass is 10.1. The summed E-state index contributed by atoms with van der Waals surface area (Å²) in [5, 5.41) is 9.01. The van der Waals surface area contributed by atoms with Crippen LogP contribution in [0.3, 0.4) is 0 Å². The predicted molar refractivity (Wildman–Crippen MR) is 102 cm³/mol. The lowest BCUT2D eigenvalue weighted by Gasteiger charge is -2.21. The lowest BCUT2D eigenvalue weighted by Crippen LogP contribution is -2.48. The van der Waals surface area contributed by atoms with Crippen LogP contribution in [0.25, 0.3) is 0 Å². The van der Waals surface area contributed by atoms with Gasteiger partial charge in [-0.1, -0.05) is 0 Å². The Hall–Kier alpha value is -2.64. The lowest BCUT2D eigenvalue weighted by molar-refractivity contribution is -0.121. The molecule has 0 aliphatic carbocycles. The van der Waals surface area contributed by atoms with Gasteiger partial charge in [0.15, 0.2) is 17.5 Å². The minimum Gasteiger partial charge on any atom is -0.493 e. The van der Waals surface area contributed by atoms with E-state index in [0.29, 0.717) is 29.8 Å². The van der Waals surface area contributed by atoms with E-state index in [1.807, 2.05) is 32.9 Å². The summed E-state index contributed by atoms with van der Waals surface area (Å²) in [6.07, 6.45) is 0. The van der Waals surface area contributed by atoms with Crippen molar-refractivity contribution in [1.82, 2.24) is 16.0 Å². The number of nitrogens with zero attached hydrogens (tertiary/aromatic N) is 1. The maximum absolute atomic E-state index is 11.9. The zero-order valence-electron chi connectivity index (χ0n) is 16.6. The smallest absolute Gasteiger partial charge is 0.239 e. The molecule has 1 amide bonds. The van der Waals surface area contributed by atoms with E-state index in [2.05, 4.69) is 20.9 Å². The highest BCUT2D eigenvalue weighted by Gasteiger charge is 2.16. The van der Waals surface area contributed by atoms with Gasteiger partial charge in [-0.15, -0.1) is 0 Å². The van der Waals surface area contributed by atoms with E-state index in [0.717, 1.165) is 5.56 Å². The number of benzene rings is 1. The average Bonchev–Trinajstić information content (AvgIpc) is 2.59. The van der Waals surface area contributed by atoms with Gasteiger partial charge < -0.3 is 30.2 Å². The summed E-state index contributed by atoms with van der Waals surface area (Å²) in [5.74, 6) is 2.10. The standard InChI is InChI=1S/C18H30N4O4/c1-18(2,3)22-14(23)11-21-17(19-4)20-10-12-8-9-13(24-5)16(26-7)15(12)25-6/h8-9H,10-11H2,1-7H3,(H,22,23)(H2,19,20,21). The second kappa shape index (κ2) is 9.74. The van der Waals surface area contributed by atoms with E-state index in [9.17, 15) is 4.79 Å². The second-order valence-corrected chi connectivity index (χ2v) is 6.57. The van der Waals surface area contributed by atoms with Crippen molar-refractivity contribution in [2.24, 2.45) is 4.99 Å². The van der Waals surface area contributed by atoms with Crippen LogP contribution < -0.4 is 30.2 Å². The summed E-state index contributed by atoms with van der Waals surface area (Å²) in [7, 11) is 6.35. The van der Waals surface area contributed by atoms with Crippen LogP contribution in [-0.4, -0.2) is 52.3 Å². The van der Waals surface area contributed by atoms with Gasteiger partial charge in [0.05, 0.1) is 27.9 Å². The van der Waals surface area contributed by atoms with Crippen molar-refractivity contribution in [3.8, 4) is 17.2 Å². The normalized spacial score (nSPS) is 11.6. The molecule has 8 heteroatoms. The fourth-order valence-corrected chi connectivity index (χ4v) is 2.33. The molecule has 0 bridgehead atoms. The third-order valence-electron chi connectivity index (χ3n) is 3.39. The molecule has 1 rings (SSSR count). The van der Waals surface area contributed by atoms with Gasteiger partial charge in [0, 0.05) is 24.7 Å². The Kier molecular flexibility index (Phi) is 8.02. The summed E-state index contributed by atoms with van der Waals surface area (Å²) in [6, 6.07) is 3.69. The zero-order chi connectivity index (χ0) is 19.7. The fraction of sp³-hybridized carbons (Fsp3) is 0.556. The molecule has 146 valence electrons. The van der Waals surface area contributed by atoms with Crippen molar-refractivity contribution in [3.63, 3.8) is 0 Å². The molecule has 0 saturated heterocycles. The van der Waals surface area contributed by atoms with Gasteiger partial charge in [-0.05, 0) is 32.9 Å². The minimum atomic E-state index is -0.275. The van der Waals surface area contributed by atoms with Crippen LogP contribution in [0, 0.1) is 0 Å². The molecule has 0 aliphatic heterocycles. The third-order valence-corrected chi connectivity index (χ3v) is 3.39. The zero-order valence-corrected chi connectivity index (χ0v) is 16.6. The van der Waals surface area contributed by atoms with E-state index >= 15 is 0 Å². The SMILES string of the molecule is CN=C(NCC(=O)NC(C)(C)C)NCc1ccc(OC)c(OC)c1OC. The largest absolute Gasteiger partial charge is 0.493 e. The molecule has 0 spiro atoms. The molecule has 1 aromatic rings. The monoisotopic (exact) mass is 366 g/mol. The van der Waals surface area contributed by atoms with E-state index < -0.39 is 0 Å². The highest BCUT2D eigenvalue weighted by atomic mass is 16.5. The molecule has 0 aliphatic rings. The molecule has 0 heterocycles. The van der Waals surface area contributed by atoms with E-state index in [4.69, 9.17) is 14.2 Å². The van der Waals surface area contributed by atoms with Gasteiger partial charge in [-0.3, -0.25) is 9.79 Å². The number of rotatable bonds is 7. The van der Waals surface area contributed by atoms with Crippen LogP contribution in [0.4, 0.5) is 0 Å². The molecule has 26 heavy (non-hydrogen) atoms. The first-order valence-electron chi connectivity index (χ1n) is 8.29. The maximum Gasteiger partial charge on any atom is 0.239 e. The molecule has 0 saturated carbocycles. The molecule has 8 nitrogen and oxygen atoms in total. The summed E-state index contributed by atoms with van der Waals surface area (Å²) in [6.45, 7) is 6.36.